The Morgan fingerprint density at radius 3 is 2.45 bits per heavy atom. The lowest BCUT2D eigenvalue weighted by Crippen LogP contribution is -2.32. The topological polar surface area (TPSA) is 79.8 Å². The molecule has 3 aromatic rings. The monoisotopic (exact) mass is 475 g/mol. The molecule has 0 aliphatic carbocycles. The molecule has 0 saturated carbocycles. The van der Waals surface area contributed by atoms with E-state index in [1.165, 1.54) is 12.3 Å². The summed E-state index contributed by atoms with van der Waals surface area (Å²) in [5.41, 5.74) is 4.03. The first-order valence-electron chi connectivity index (χ1n) is 8.98. The van der Waals surface area contributed by atoms with E-state index in [1.807, 2.05) is 12.1 Å². The summed E-state index contributed by atoms with van der Waals surface area (Å²) in [7, 11) is 0. The molecule has 0 spiro atoms. The van der Waals surface area contributed by atoms with Gasteiger partial charge in [-0.15, -0.1) is 0 Å². The third-order valence-corrected chi connectivity index (χ3v) is 5.03. The zero-order valence-electron chi connectivity index (χ0n) is 15.9. The van der Waals surface area contributed by atoms with Gasteiger partial charge in [0.05, 0.1) is 21.9 Å². The number of carbonyl (C=O) groups is 2. The number of anilines is 1. The SMILES string of the molecule is O=C(N/N=C/c1cccc(OCc2ccc(Cl)cc2)c1)C(=O)Nc1cccc(Cl)c1Cl. The molecule has 0 bridgehead atoms. The van der Waals surface area contributed by atoms with Gasteiger partial charge in [-0.1, -0.05) is 65.1 Å². The second-order valence-corrected chi connectivity index (χ2v) is 7.46. The van der Waals surface area contributed by atoms with Crippen LogP contribution in [0.25, 0.3) is 0 Å². The first kappa shape index (κ1) is 22.6. The lowest BCUT2D eigenvalue weighted by molar-refractivity contribution is -0.136. The van der Waals surface area contributed by atoms with Gasteiger partial charge in [0.2, 0.25) is 0 Å². The van der Waals surface area contributed by atoms with Gasteiger partial charge in [0.15, 0.2) is 0 Å². The summed E-state index contributed by atoms with van der Waals surface area (Å²) in [6, 6.07) is 19.1. The molecule has 0 saturated heterocycles. The van der Waals surface area contributed by atoms with Gasteiger partial charge in [-0.05, 0) is 47.5 Å². The minimum Gasteiger partial charge on any atom is -0.489 e. The van der Waals surface area contributed by atoms with E-state index in [0.717, 1.165) is 5.56 Å². The molecule has 9 heteroatoms. The molecule has 3 rings (SSSR count). The molecule has 0 fully saturated rings. The highest BCUT2D eigenvalue weighted by atomic mass is 35.5. The van der Waals surface area contributed by atoms with Crippen molar-refractivity contribution in [1.82, 2.24) is 5.43 Å². The summed E-state index contributed by atoms with van der Waals surface area (Å²) in [6.07, 6.45) is 1.40. The van der Waals surface area contributed by atoms with Gasteiger partial charge in [-0.3, -0.25) is 9.59 Å². The van der Waals surface area contributed by atoms with Crippen molar-refractivity contribution in [3.05, 3.63) is 92.9 Å². The van der Waals surface area contributed by atoms with E-state index in [-0.39, 0.29) is 15.7 Å². The fourth-order valence-electron chi connectivity index (χ4n) is 2.43. The lowest BCUT2D eigenvalue weighted by Gasteiger charge is -2.07. The minimum absolute atomic E-state index is 0.143. The van der Waals surface area contributed by atoms with Crippen molar-refractivity contribution >= 4 is 58.5 Å². The smallest absolute Gasteiger partial charge is 0.329 e. The van der Waals surface area contributed by atoms with E-state index in [4.69, 9.17) is 39.5 Å². The summed E-state index contributed by atoms with van der Waals surface area (Å²) < 4.78 is 5.75. The van der Waals surface area contributed by atoms with Crippen LogP contribution in [-0.2, 0) is 16.2 Å². The van der Waals surface area contributed by atoms with Crippen LogP contribution >= 0.6 is 34.8 Å². The van der Waals surface area contributed by atoms with E-state index < -0.39 is 11.8 Å². The van der Waals surface area contributed by atoms with E-state index in [2.05, 4.69) is 15.8 Å². The number of hydrogen-bond acceptors (Lipinski definition) is 4. The summed E-state index contributed by atoms with van der Waals surface area (Å²) in [5, 5.41) is 7.24. The maximum absolute atomic E-state index is 12.0. The van der Waals surface area contributed by atoms with Crippen molar-refractivity contribution in [2.45, 2.75) is 6.61 Å². The lowest BCUT2D eigenvalue weighted by atomic mass is 10.2. The van der Waals surface area contributed by atoms with Crippen molar-refractivity contribution in [1.29, 1.82) is 0 Å². The number of amides is 2. The molecular formula is C22H16Cl3N3O3. The molecular weight excluding hydrogens is 461 g/mol. The molecule has 2 amide bonds. The van der Waals surface area contributed by atoms with Crippen LogP contribution in [0, 0.1) is 0 Å². The number of rotatable bonds is 6. The number of hydrogen-bond donors (Lipinski definition) is 2. The molecule has 6 nitrogen and oxygen atoms in total. The van der Waals surface area contributed by atoms with Crippen LogP contribution in [-0.4, -0.2) is 18.0 Å². The maximum atomic E-state index is 12.0. The first-order valence-corrected chi connectivity index (χ1v) is 10.1. The van der Waals surface area contributed by atoms with E-state index in [9.17, 15) is 9.59 Å². The van der Waals surface area contributed by atoms with Gasteiger partial charge in [0, 0.05) is 5.02 Å². The molecule has 31 heavy (non-hydrogen) atoms. The number of benzene rings is 3. The van der Waals surface area contributed by atoms with Gasteiger partial charge in [-0.25, -0.2) is 5.43 Å². The van der Waals surface area contributed by atoms with Crippen molar-refractivity contribution in [2.24, 2.45) is 5.10 Å². The zero-order chi connectivity index (χ0) is 22.2. The number of hydrazone groups is 1. The average Bonchev–Trinajstić information content (AvgIpc) is 2.77. The molecule has 3 aromatic carbocycles. The predicted molar refractivity (Wildman–Crippen MR) is 123 cm³/mol. The van der Waals surface area contributed by atoms with Gasteiger partial charge in [0.25, 0.3) is 0 Å². The molecule has 158 valence electrons. The number of nitrogens with one attached hydrogen (secondary N) is 2. The Morgan fingerprint density at radius 2 is 1.68 bits per heavy atom. The van der Waals surface area contributed by atoms with E-state index in [0.29, 0.717) is 22.9 Å². The number of ether oxygens (including phenoxy) is 1. The Bertz CT molecular complexity index is 1120. The average molecular weight is 477 g/mol. The normalized spacial score (nSPS) is 10.7. The fourth-order valence-corrected chi connectivity index (χ4v) is 2.90. The summed E-state index contributed by atoms with van der Waals surface area (Å²) in [6.45, 7) is 0.376. The Balaban J connectivity index is 1.53. The molecule has 2 N–H and O–H groups in total. The first-order chi connectivity index (χ1) is 14.9. The van der Waals surface area contributed by atoms with Gasteiger partial charge >= 0.3 is 11.8 Å². The van der Waals surface area contributed by atoms with Gasteiger partial charge < -0.3 is 10.1 Å². The molecule has 0 heterocycles. The zero-order valence-corrected chi connectivity index (χ0v) is 18.2. The summed E-state index contributed by atoms with van der Waals surface area (Å²) >= 11 is 17.7. The molecule has 0 aliphatic rings. The molecule has 0 aromatic heterocycles. The summed E-state index contributed by atoms with van der Waals surface area (Å²) in [4.78, 5) is 23.9. The van der Waals surface area contributed by atoms with Crippen molar-refractivity contribution in [2.75, 3.05) is 5.32 Å². The number of nitrogens with zero attached hydrogens (tertiary/aromatic N) is 1. The second-order valence-electron chi connectivity index (χ2n) is 6.24. The van der Waals surface area contributed by atoms with E-state index >= 15 is 0 Å². The van der Waals surface area contributed by atoms with Gasteiger partial charge in [0.1, 0.15) is 12.4 Å². The molecule has 0 atom stereocenters. The van der Waals surface area contributed by atoms with Crippen LogP contribution in [0.5, 0.6) is 5.75 Å². The minimum atomic E-state index is -0.956. The highest BCUT2D eigenvalue weighted by Crippen LogP contribution is 2.29. The maximum Gasteiger partial charge on any atom is 0.329 e. The van der Waals surface area contributed by atoms with E-state index in [1.54, 1.807) is 48.5 Å². The van der Waals surface area contributed by atoms with Gasteiger partial charge in [-0.2, -0.15) is 5.10 Å². The van der Waals surface area contributed by atoms with Crippen LogP contribution in [0.4, 0.5) is 5.69 Å². The highest BCUT2D eigenvalue weighted by molar-refractivity contribution is 6.45. The van der Waals surface area contributed by atoms with Crippen LogP contribution in [0.3, 0.4) is 0 Å². The second kappa shape index (κ2) is 10.8. The van der Waals surface area contributed by atoms with Crippen LogP contribution < -0.4 is 15.5 Å². The molecule has 0 radical (unpaired) electrons. The quantitative estimate of drug-likeness (QED) is 0.287. The van der Waals surface area contributed by atoms with Crippen molar-refractivity contribution < 1.29 is 14.3 Å². The number of halogens is 3. The predicted octanol–water partition coefficient (Wildman–Crippen LogP) is 5.31. The molecule has 0 aliphatic heterocycles. The third-order valence-electron chi connectivity index (χ3n) is 3.96. The standard InChI is InChI=1S/C22H16Cl3N3O3/c23-16-9-7-14(8-10-16)13-31-17-4-1-3-15(11-17)12-26-28-22(30)21(29)27-19-6-2-5-18(24)20(19)25/h1-12H,13H2,(H,27,29)(H,28,30)/b26-12+. The Hall–Kier alpha value is -3.06. The van der Waals surface area contributed by atoms with Crippen molar-refractivity contribution in [3.8, 4) is 5.75 Å². The Morgan fingerprint density at radius 1 is 0.935 bits per heavy atom. The van der Waals surface area contributed by atoms with Crippen LogP contribution in [0.2, 0.25) is 15.1 Å². The largest absolute Gasteiger partial charge is 0.489 e. The molecule has 0 unspecified atom stereocenters. The van der Waals surface area contributed by atoms with Crippen molar-refractivity contribution in [3.63, 3.8) is 0 Å². The third kappa shape index (κ3) is 6.72. The summed E-state index contributed by atoms with van der Waals surface area (Å²) in [5.74, 6) is -1.26. The van der Waals surface area contributed by atoms with Crippen LogP contribution in [0.15, 0.2) is 71.8 Å². The Kier molecular flexibility index (Phi) is 7.89. The Labute approximate surface area is 193 Å². The fraction of sp³-hybridized carbons (Fsp3) is 0.0455. The highest BCUT2D eigenvalue weighted by Gasteiger charge is 2.15. The number of carbonyl (C=O) groups excluding carboxylic acids is 2. The van der Waals surface area contributed by atoms with Crippen LogP contribution in [0.1, 0.15) is 11.1 Å².